The molecule has 1 aliphatic heterocycles. The topological polar surface area (TPSA) is 29.3 Å². The van der Waals surface area contributed by atoms with E-state index >= 15 is 0 Å². The lowest BCUT2D eigenvalue weighted by molar-refractivity contribution is 0.126. The average molecular weight is 317 g/mol. The van der Waals surface area contributed by atoms with Crippen LogP contribution < -0.4 is 5.73 Å². The monoisotopic (exact) mass is 316 g/mol. The van der Waals surface area contributed by atoms with E-state index in [4.69, 9.17) is 5.73 Å². The van der Waals surface area contributed by atoms with Crippen molar-refractivity contribution in [3.63, 3.8) is 0 Å². The van der Waals surface area contributed by atoms with Crippen molar-refractivity contribution in [2.24, 2.45) is 11.7 Å². The molecule has 1 aromatic rings. The van der Waals surface area contributed by atoms with Crippen LogP contribution in [-0.2, 0) is 0 Å². The summed E-state index contributed by atoms with van der Waals surface area (Å²) in [6.07, 6.45) is 4.00. The van der Waals surface area contributed by atoms with E-state index in [0.717, 1.165) is 12.5 Å². The second kappa shape index (κ2) is 6.32. The van der Waals surface area contributed by atoms with Gasteiger partial charge in [-0.1, -0.05) is 13.3 Å². The van der Waals surface area contributed by atoms with E-state index < -0.39 is 0 Å². The zero-order valence-corrected chi connectivity index (χ0v) is 12.8. The Morgan fingerprint density at radius 2 is 2.47 bits per heavy atom. The molecule has 2 N–H and O–H groups in total. The largest absolute Gasteiger partial charge is 0.329 e. The molecule has 2 rings (SSSR count). The first-order chi connectivity index (χ1) is 8.24. The highest BCUT2D eigenvalue weighted by atomic mass is 79.9. The Balaban J connectivity index is 2.07. The molecular weight excluding hydrogens is 296 g/mol. The molecule has 0 aliphatic carbocycles. The van der Waals surface area contributed by atoms with Crippen molar-refractivity contribution in [3.8, 4) is 0 Å². The van der Waals surface area contributed by atoms with Gasteiger partial charge in [-0.2, -0.15) is 0 Å². The van der Waals surface area contributed by atoms with Crippen LogP contribution >= 0.6 is 27.3 Å². The van der Waals surface area contributed by atoms with Gasteiger partial charge in [0.25, 0.3) is 0 Å². The molecule has 1 aliphatic rings. The molecule has 4 heteroatoms. The van der Waals surface area contributed by atoms with Gasteiger partial charge in [0.05, 0.1) is 6.04 Å². The highest BCUT2D eigenvalue weighted by molar-refractivity contribution is 9.10. The number of nitrogens with zero attached hydrogens (tertiary/aromatic N) is 1. The minimum absolute atomic E-state index is 0.417. The van der Waals surface area contributed by atoms with E-state index in [2.05, 4.69) is 39.2 Å². The summed E-state index contributed by atoms with van der Waals surface area (Å²) in [5, 5.41) is 2.15. The molecule has 0 radical (unpaired) electrons. The molecule has 1 fully saturated rings. The third-order valence-corrected chi connectivity index (χ3v) is 5.50. The fourth-order valence-corrected chi connectivity index (χ4v) is 4.25. The lowest BCUT2D eigenvalue weighted by atomic mass is 9.94. The number of hydrogen-bond acceptors (Lipinski definition) is 3. The Morgan fingerprint density at radius 3 is 3.06 bits per heavy atom. The average Bonchev–Trinajstić information content (AvgIpc) is 2.77. The van der Waals surface area contributed by atoms with Gasteiger partial charge in [0.2, 0.25) is 0 Å². The molecule has 1 aromatic heterocycles. The second-order valence-corrected chi connectivity index (χ2v) is 6.69. The minimum atomic E-state index is 0.417. The third kappa shape index (κ3) is 3.31. The first-order valence-corrected chi connectivity index (χ1v) is 8.10. The van der Waals surface area contributed by atoms with Crippen molar-refractivity contribution in [2.75, 3.05) is 19.6 Å². The highest BCUT2D eigenvalue weighted by Gasteiger charge is 2.26. The maximum Gasteiger partial charge on any atom is 0.0564 e. The van der Waals surface area contributed by atoms with Gasteiger partial charge in [0, 0.05) is 27.8 Å². The zero-order valence-electron chi connectivity index (χ0n) is 10.4. The SMILES string of the molecule is CCC1CCCN(C(CN)c2cc(Br)cs2)C1. The predicted octanol–water partition coefficient (Wildman–Crippen LogP) is 3.63. The van der Waals surface area contributed by atoms with Crippen LogP contribution in [0.4, 0.5) is 0 Å². The first-order valence-electron chi connectivity index (χ1n) is 6.42. The van der Waals surface area contributed by atoms with Gasteiger partial charge in [-0.25, -0.2) is 0 Å². The van der Waals surface area contributed by atoms with Gasteiger partial charge >= 0.3 is 0 Å². The molecule has 2 unspecified atom stereocenters. The van der Waals surface area contributed by atoms with Crippen molar-refractivity contribution in [1.29, 1.82) is 0 Å². The number of nitrogens with two attached hydrogens (primary N) is 1. The number of hydrogen-bond donors (Lipinski definition) is 1. The van der Waals surface area contributed by atoms with E-state index in [-0.39, 0.29) is 0 Å². The molecule has 2 nitrogen and oxygen atoms in total. The summed E-state index contributed by atoms with van der Waals surface area (Å²) in [6.45, 7) is 5.44. The number of piperidine rings is 1. The van der Waals surface area contributed by atoms with Crippen LogP contribution in [0.25, 0.3) is 0 Å². The van der Waals surface area contributed by atoms with Crippen molar-refractivity contribution in [2.45, 2.75) is 32.2 Å². The Morgan fingerprint density at radius 1 is 1.65 bits per heavy atom. The predicted molar refractivity (Wildman–Crippen MR) is 78.4 cm³/mol. The Bertz CT molecular complexity index is 353. The summed E-state index contributed by atoms with van der Waals surface area (Å²) in [4.78, 5) is 3.98. The highest BCUT2D eigenvalue weighted by Crippen LogP contribution is 2.32. The molecule has 17 heavy (non-hydrogen) atoms. The molecule has 0 bridgehead atoms. The standard InChI is InChI=1S/C13H21BrN2S/c1-2-10-4-3-5-16(8-10)12(7-15)13-6-11(14)9-17-13/h6,9-10,12H,2-5,7-8,15H2,1H3. The van der Waals surface area contributed by atoms with Crippen LogP contribution in [0.3, 0.4) is 0 Å². The molecular formula is C13H21BrN2S. The quantitative estimate of drug-likeness (QED) is 0.919. The number of halogens is 1. The van der Waals surface area contributed by atoms with E-state index in [9.17, 15) is 0 Å². The smallest absolute Gasteiger partial charge is 0.0564 e. The molecule has 0 spiro atoms. The van der Waals surface area contributed by atoms with Crippen LogP contribution in [0.15, 0.2) is 15.9 Å². The lowest BCUT2D eigenvalue weighted by Crippen LogP contribution is -2.40. The van der Waals surface area contributed by atoms with Crippen LogP contribution in [0.1, 0.15) is 37.1 Å². The van der Waals surface area contributed by atoms with Gasteiger partial charge in [0.1, 0.15) is 0 Å². The van der Waals surface area contributed by atoms with Crippen molar-refractivity contribution in [3.05, 3.63) is 20.8 Å². The van der Waals surface area contributed by atoms with Gasteiger partial charge < -0.3 is 5.73 Å². The van der Waals surface area contributed by atoms with Crippen LogP contribution in [-0.4, -0.2) is 24.5 Å². The Hall–Kier alpha value is 0.1000. The minimum Gasteiger partial charge on any atom is -0.329 e. The summed E-state index contributed by atoms with van der Waals surface area (Å²) in [5.41, 5.74) is 5.98. The van der Waals surface area contributed by atoms with Crippen LogP contribution in [0, 0.1) is 5.92 Å². The second-order valence-electron chi connectivity index (χ2n) is 4.83. The molecule has 2 atom stereocenters. The molecule has 0 aromatic carbocycles. The maximum atomic E-state index is 5.98. The number of thiophene rings is 1. The van der Waals surface area contributed by atoms with Crippen molar-refractivity contribution >= 4 is 27.3 Å². The van der Waals surface area contributed by atoms with Crippen molar-refractivity contribution in [1.82, 2.24) is 4.90 Å². The molecule has 1 saturated heterocycles. The summed E-state index contributed by atoms with van der Waals surface area (Å²) >= 11 is 5.35. The van der Waals surface area contributed by atoms with E-state index in [1.165, 1.54) is 41.7 Å². The molecule has 2 heterocycles. The zero-order chi connectivity index (χ0) is 12.3. The number of rotatable bonds is 4. The lowest BCUT2D eigenvalue weighted by Gasteiger charge is -2.37. The van der Waals surface area contributed by atoms with Gasteiger partial charge in [-0.05, 0) is 47.3 Å². The maximum absolute atomic E-state index is 5.98. The third-order valence-electron chi connectivity index (χ3n) is 3.71. The van der Waals surface area contributed by atoms with Gasteiger partial charge in [-0.15, -0.1) is 11.3 Å². The summed E-state index contributed by atoms with van der Waals surface area (Å²) in [6, 6.07) is 2.64. The first kappa shape index (κ1) is 13.5. The Kier molecular flexibility index (Phi) is 5.03. The fourth-order valence-electron chi connectivity index (χ4n) is 2.66. The Labute approximate surface area is 116 Å². The van der Waals surface area contributed by atoms with Gasteiger partial charge in [-0.3, -0.25) is 4.90 Å². The van der Waals surface area contributed by atoms with E-state index in [0.29, 0.717) is 6.04 Å². The van der Waals surface area contributed by atoms with Gasteiger partial charge in [0.15, 0.2) is 0 Å². The molecule has 96 valence electrons. The van der Waals surface area contributed by atoms with Crippen LogP contribution in [0.2, 0.25) is 0 Å². The summed E-state index contributed by atoms with van der Waals surface area (Å²) in [7, 11) is 0. The van der Waals surface area contributed by atoms with Crippen LogP contribution in [0.5, 0.6) is 0 Å². The van der Waals surface area contributed by atoms with E-state index in [1.807, 2.05) is 11.3 Å². The summed E-state index contributed by atoms with van der Waals surface area (Å²) < 4.78 is 1.18. The normalized spacial score (nSPS) is 23.8. The van der Waals surface area contributed by atoms with Crippen molar-refractivity contribution < 1.29 is 0 Å². The van der Waals surface area contributed by atoms with E-state index in [1.54, 1.807) is 0 Å². The number of likely N-dealkylation sites (tertiary alicyclic amines) is 1. The fraction of sp³-hybridized carbons (Fsp3) is 0.692. The molecule has 0 saturated carbocycles. The molecule has 0 amide bonds. The summed E-state index contributed by atoms with van der Waals surface area (Å²) in [5.74, 6) is 0.862.